The molecule has 0 spiro atoms. The van der Waals surface area contributed by atoms with E-state index in [-0.39, 0.29) is 6.03 Å². The zero-order valence-corrected chi connectivity index (χ0v) is 13.6. The van der Waals surface area contributed by atoms with Gasteiger partial charge in [0.1, 0.15) is 6.04 Å². The van der Waals surface area contributed by atoms with Crippen LogP contribution in [0, 0.1) is 0 Å². The van der Waals surface area contributed by atoms with Gasteiger partial charge in [-0.3, -0.25) is 9.69 Å². The maximum Gasteiger partial charge on any atom is 0.320 e. The smallest absolute Gasteiger partial charge is 0.320 e. The van der Waals surface area contributed by atoms with E-state index in [0.29, 0.717) is 31.4 Å². The van der Waals surface area contributed by atoms with Crippen LogP contribution in [-0.2, 0) is 4.79 Å². The van der Waals surface area contributed by atoms with E-state index in [1.807, 2.05) is 26.5 Å². The molecule has 0 aromatic rings. The fraction of sp³-hybridized carbons (Fsp3) is 0.857. The lowest BCUT2D eigenvalue weighted by Gasteiger charge is -2.40. The van der Waals surface area contributed by atoms with E-state index in [4.69, 9.17) is 5.11 Å². The number of thioether (sulfide) groups is 1. The summed E-state index contributed by atoms with van der Waals surface area (Å²) in [5.74, 6) is 0.217. The molecule has 2 rings (SSSR count). The van der Waals surface area contributed by atoms with Crippen LogP contribution in [0.5, 0.6) is 0 Å². The molecule has 0 aromatic heterocycles. The fourth-order valence-corrected chi connectivity index (χ4v) is 3.98. The van der Waals surface area contributed by atoms with E-state index in [9.17, 15) is 9.59 Å². The number of carboxylic acids is 1. The van der Waals surface area contributed by atoms with Crippen LogP contribution in [0.15, 0.2) is 0 Å². The molecule has 2 unspecified atom stereocenters. The number of nitrogens with zero attached hydrogens (tertiary/aromatic N) is 3. The van der Waals surface area contributed by atoms with Gasteiger partial charge in [-0.05, 0) is 13.3 Å². The van der Waals surface area contributed by atoms with Gasteiger partial charge in [-0.25, -0.2) is 4.79 Å². The first-order valence-corrected chi connectivity index (χ1v) is 8.70. The minimum Gasteiger partial charge on any atom is -0.480 e. The molecule has 7 heteroatoms. The lowest BCUT2D eigenvalue weighted by atomic mass is 10.2. The summed E-state index contributed by atoms with van der Waals surface area (Å²) in [6.07, 6.45) is 1.10. The Morgan fingerprint density at radius 3 is 2.43 bits per heavy atom. The van der Waals surface area contributed by atoms with Crippen LogP contribution in [0.4, 0.5) is 4.79 Å². The molecule has 2 amide bonds. The van der Waals surface area contributed by atoms with E-state index < -0.39 is 12.0 Å². The molecule has 120 valence electrons. The van der Waals surface area contributed by atoms with Gasteiger partial charge in [-0.15, -0.1) is 0 Å². The first-order chi connectivity index (χ1) is 10.0. The molecule has 2 heterocycles. The number of amides is 2. The van der Waals surface area contributed by atoms with Gasteiger partial charge in [0.15, 0.2) is 0 Å². The molecule has 0 aromatic carbocycles. The van der Waals surface area contributed by atoms with Crippen LogP contribution in [0.2, 0.25) is 0 Å². The van der Waals surface area contributed by atoms with Crippen LogP contribution in [0.1, 0.15) is 20.3 Å². The van der Waals surface area contributed by atoms with Gasteiger partial charge in [-0.1, -0.05) is 6.92 Å². The highest BCUT2D eigenvalue weighted by Gasteiger charge is 2.31. The van der Waals surface area contributed by atoms with E-state index in [1.54, 1.807) is 6.92 Å². The summed E-state index contributed by atoms with van der Waals surface area (Å²) in [6.45, 7) is 8.05. The Kier molecular flexibility index (Phi) is 5.75. The van der Waals surface area contributed by atoms with E-state index in [0.717, 1.165) is 25.3 Å². The SMILES string of the molecule is CCC1CN(C(=O)N2CCN(C(C)C(=O)O)CC2)CCS1. The largest absolute Gasteiger partial charge is 0.480 e. The lowest BCUT2D eigenvalue weighted by Crippen LogP contribution is -2.57. The van der Waals surface area contributed by atoms with Crippen LogP contribution in [-0.4, -0.2) is 88.1 Å². The first kappa shape index (κ1) is 16.4. The van der Waals surface area contributed by atoms with Gasteiger partial charge >= 0.3 is 12.0 Å². The minimum absolute atomic E-state index is 0.122. The van der Waals surface area contributed by atoms with Crippen LogP contribution in [0.3, 0.4) is 0 Å². The van der Waals surface area contributed by atoms with Gasteiger partial charge in [0, 0.05) is 50.3 Å². The van der Waals surface area contributed by atoms with Gasteiger partial charge in [0.25, 0.3) is 0 Å². The number of carbonyl (C=O) groups excluding carboxylic acids is 1. The summed E-state index contributed by atoms with van der Waals surface area (Å²) >= 11 is 1.95. The highest BCUT2D eigenvalue weighted by molar-refractivity contribution is 8.00. The highest BCUT2D eigenvalue weighted by atomic mass is 32.2. The van der Waals surface area contributed by atoms with Gasteiger partial charge in [0.05, 0.1) is 0 Å². The van der Waals surface area contributed by atoms with Crippen molar-refractivity contribution in [1.82, 2.24) is 14.7 Å². The number of carboxylic acid groups (broad SMARTS) is 1. The lowest BCUT2D eigenvalue weighted by molar-refractivity contribution is -0.143. The van der Waals surface area contributed by atoms with E-state index >= 15 is 0 Å². The second kappa shape index (κ2) is 7.35. The molecule has 21 heavy (non-hydrogen) atoms. The zero-order chi connectivity index (χ0) is 15.4. The number of piperazine rings is 1. The molecule has 2 atom stereocenters. The highest BCUT2D eigenvalue weighted by Crippen LogP contribution is 2.22. The van der Waals surface area contributed by atoms with Crippen LogP contribution < -0.4 is 0 Å². The molecule has 6 nitrogen and oxygen atoms in total. The monoisotopic (exact) mass is 315 g/mol. The summed E-state index contributed by atoms with van der Waals surface area (Å²) in [5, 5.41) is 9.59. The molecule has 2 saturated heterocycles. The molecule has 0 aliphatic carbocycles. The summed E-state index contributed by atoms with van der Waals surface area (Å²) in [5.41, 5.74) is 0. The Labute approximate surface area is 130 Å². The minimum atomic E-state index is -0.798. The van der Waals surface area contributed by atoms with Gasteiger partial charge in [0.2, 0.25) is 0 Å². The normalized spacial score (nSPS) is 25.7. The molecule has 1 N–H and O–H groups in total. The van der Waals surface area contributed by atoms with Crippen molar-refractivity contribution in [3.63, 3.8) is 0 Å². The number of hydrogen-bond acceptors (Lipinski definition) is 4. The number of hydrogen-bond donors (Lipinski definition) is 1. The maximum absolute atomic E-state index is 12.5. The van der Waals surface area contributed by atoms with Crippen molar-refractivity contribution >= 4 is 23.8 Å². The first-order valence-electron chi connectivity index (χ1n) is 7.65. The average Bonchev–Trinajstić information content (AvgIpc) is 2.53. The Balaban J connectivity index is 1.84. The Morgan fingerprint density at radius 1 is 1.19 bits per heavy atom. The second-order valence-corrected chi connectivity index (χ2v) is 7.08. The van der Waals surface area contributed by atoms with Crippen LogP contribution in [0.25, 0.3) is 0 Å². The molecular weight excluding hydrogens is 290 g/mol. The molecule has 2 fully saturated rings. The summed E-state index contributed by atoms with van der Waals surface area (Å²) in [4.78, 5) is 29.3. The number of aliphatic carboxylic acids is 1. The third kappa shape index (κ3) is 4.03. The fourth-order valence-electron chi connectivity index (χ4n) is 2.80. The molecule has 2 aliphatic heterocycles. The van der Waals surface area contributed by atoms with Crippen molar-refractivity contribution in [2.75, 3.05) is 45.0 Å². The standard InChI is InChI=1S/C14H25N3O3S/c1-3-12-10-17(8-9-21-12)14(20)16-6-4-15(5-7-16)11(2)13(18)19/h11-12H,3-10H2,1-2H3,(H,18,19). The van der Waals surface area contributed by atoms with Gasteiger partial charge in [-0.2, -0.15) is 11.8 Å². The maximum atomic E-state index is 12.5. The van der Waals surface area contributed by atoms with Crippen molar-refractivity contribution in [1.29, 1.82) is 0 Å². The van der Waals surface area contributed by atoms with Crippen molar-refractivity contribution in [2.45, 2.75) is 31.6 Å². The Morgan fingerprint density at radius 2 is 1.86 bits per heavy atom. The molecule has 0 saturated carbocycles. The summed E-state index contributed by atoms with van der Waals surface area (Å²) < 4.78 is 0. The predicted octanol–water partition coefficient (Wildman–Crippen LogP) is 1.02. The topological polar surface area (TPSA) is 64.1 Å². The number of rotatable bonds is 3. The van der Waals surface area contributed by atoms with Crippen molar-refractivity contribution in [2.24, 2.45) is 0 Å². The van der Waals surface area contributed by atoms with Gasteiger partial charge < -0.3 is 14.9 Å². The number of carbonyl (C=O) groups is 2. The number of urea groups is 1. The van der Waals surface area contributed by atoms with E-state index in [2.05, 4.69) is 6.92 Å². The van der Waals surface area contributed by atoms with E-state index in [1.165, 1.54) is 0 Å². The molecule has 0 bridgehead atoms. The van der Waals surface area contributed by atoms with Crippen molar-refractivity contribution < 1.29 is 14.7 Å². The van der Waals surface area contributed by atoms with Crippen molar-refractivity contribution in [3.8, 4) is 0 Å². The molecular formula is C14H25N3O3S. The van der Waals surface area contributed by atoms with Crippen molar-refractivity contribution in [3.05, 3.63) is 0 Å². The summed E-state index contributed by atoms with van der Waals surface area (Å²) in [6, 6.07) is -0.352. The summed E-state index contributed by atoms with van der Waals surface area (Å²) in [7, 11) is 0. The average molecular weight is 315 g/mol. The van der Waals surface area contributed by atoms with Crippen LogP contribution >= 0.6 is 11.8 Å². The Bertz CT molecular complexity index is 386. The predicted molar refractivity (Wildman–Crippen MR) is 83.7 cm³/mol. The second-order valence-electron chi connectivity index (χ2n) is 5.67. The zero-order valence-electron chi connectivity index (χ0n) is 12.8. The third-order valence-electron chi connectivity index (χ3n) is 4.35. The molecule has 0 radical (unpaired) electrons. The quantitative estimate of drug-likeness (QED) is 0.842. The molecule has 2 aliphatic rings. The third-order valence-corrected chi connectivity index (χ3v) is 5.73. The Hall–Kier alpha value is -0.950.